The monoisotopic (exact) mass is 487 g/mol. The average Bonchev–Trinajstić information content (AvgIpc) is 2.86. The molecule has 2 atom stereocenters. The van der Waals surface area contributed by atoms with Crippen LogP contribution in [0.5, 0.6) is 0 Å². The number of nitrogens with one attached hydrogen (secondary N) is 2. The number of anilines is 1. The third-order valence-corrected chi connectivity index (χ3v) is 5.42. The van der Waals surface area contributed by atoms with Gasteiger partial charge in [-0.1, -0.05) is 42.5 Å². The lowest BCUT2D eigenvalue weighted by atomic mass is 9.94. The van der Waals surface area contributed by atoms with Crippen molar-refractivity contribution in [3.8, 4) is 11.1 Å². The molecule has 0 saturated carbocycles. The minimum Gasteiger partial charge on any atom is -0.346 e. The SMILES string of the molecule is CN1C(=O)[C@@H](NC(=O)C(C)(F)C(=O)NCC(F)(F)C(F)(F)F)c2ccccc2-c2ccccc21. The van der Waals surface area contributed by atoms with E-state index in [9.17, 15) is 40.7 Å². The van der Waals surface area contributed by atoms with E-state index in [0.29, 0.717) is 23.7 Å². The topological polar surface area (TPSA) is 78.5 Å². The molecule has 1 aliphatic rings. The quantitative estimate of drug-likeness (QED) is 0.501. The molecule has 2 aromatic rings. The van der Waals surface area contributed by atoms with E-state index in [4.69, 9.17) is 0 Å². The number of hydrogen-bond donors (Lipinski definition) is 2. The van der Waals surface area contributed by atoms with E-state index >= 15 is 0 Å². The van der Waals surface area contributed by atoms with Crippen LogP contribution in [0, 0.1) is 0 Å². The lowest BCUT2D eigenvalue weighted by Crippen LogP contribution is -2.57. The summed E-state index contributed by atoms with van der Waals surface area (Å²) in [5.74, 6) is -9.72. The van der Waals surface area contributed by atoms with Crippen molar-refractivity contribution in [2.45, 2.75) is 30.7 Å². The van der Waals surface area contributed by atoms with Crippen LogP contribution >= 0.6 is 0 Å². The maximum atomic E-state index is 15.0. The predicted octanol–water partition coefficient (Wildman–Crippen LogP) is 3.53. The highest BCUT2D eigenvalue weighted by molar-refractivity contribution is 6.11. The van der Waals surface area contributed by atoms with Crippen LogP contribution < -0.4 is 15.5 Å². The van der Waals surface area contributed by atoms with E-state index in [2.05, 4.69) is 5.32 Å². The second-order valence-corrected chi connectivity index (χ2v) is 7.80. The van der Waals surface area contributed by atoms with Crippen LogP contribution in [0.4, 0.5) is 32.0 Å². The van der Waals surface area contributed by atoms with Gasteiger partial charge in [0.1, 0.15) is 6.04 Å². The van der Waals surface area contributed by atoms with Crippen LogP contribution in [0.3, 0.4) is 0 Å². The Morgan fingerprint density at radius 1 is 0.912 bits per heavy atom. The van der Waals surface area contributed by atoms with E-state index < -0.39 is 48.1 Å². The maximum absolute atomic E-state index is 15.0. The fraction of sp³-hybridized carbons (Fsp3) is 0.318. The lowest BCUT2D eigenvalue weighted by molar-refractivity contribution is -0.278. The summed E-state index contributed by atoms with van der Waals surface area (Å²) in [6, 6.07) is 11.7. The Hall–Kier alpha value is -3.57. The molecule has 12 heteroatoms. The Kier molecular flexibility index (Phi) is 6.38. The number of nitrogens with zero attached hydrogens (tertiary/aromatic N) is 1. The number of benzene rings is 2. The first-order valence-electron chi connectivity index (χ1n) is 9.87. The molecular formula is C22H19F6N3O3. The Morgan fingerprint density at radius 3 is 2.09 bits per heavy atom. The van der Waals surface area contributed by atoms with Crippen molar-refractivity contribution in [3.63, 3.8) is 0 Å². The molecule has 1 unspecified atom stereocenters. The van der Waals surface area contributed by atoms with E-state index in [0.717, 1.165) is 5.32 Å². The van der Waals surface area contributed by atoms with Crippen molar-refractivity contribution >= 4 is 23.4 Å². The smallest absolute Gasteiger partial charge is 0.346 e. The number of fused-ring (bicyclic) bond motifs is 3. The van der Waals surface area contributed by atoms with Gasteiger partial charge in [0.25, 0.3) is 23.4 Å². The van der Waals surface area contributed by atoms with Gasteiger partial charge in [0.2, 0.25) is 0 Å². The Morgan fingerprint density at radius 2 is 1.47 bits per heavy atom. The van der Waals surface area contributed by atoms with Gasteiger partial charge in [-0.3, -0.25) is 14.4 Å². The fourth-order valence-corrected chi connectivity index (χ4v) is 3.40. The second-order valence-electron chi connectivity index (χ2n) is 7.80. The van der Waals surface area contributed by atoms with Crippen LogP contribution in [-0.2, 0) is 14.4 Å². The Balaban J connectivity index is 1.87. The molecule has 2 aromatic carbocycles. The Bertz CT molecular complexity index is 1130. The third-order valence-electron chi connectivity index (χ3n) is 5.42. The van der Waals surface area contributed by atoms with Gasteiger partial charge in [-0.05, 0) is 24.1 Å². The minimum atomic E-state index is -5.98. The van der Waals surface area contributed by atoms with Crippen LogP contribution in [-0.4, -0.2) is 49.1 Å². The zero-order valence-electron chi connectivity index (χ0n) is 17.8. The van der Waals surface area contributed by atoms with Gasteiger partial charge < -0.3 is 15.5 Å². The third kappa shape index (κ3) is 4.44. The molecule has 0 aromatic heterocycles. The molecule has 0 fully saturated rings. The van der Waals surface area contributed by atoms with E-state index in [-0.39, 0.29) is 5.56 Å². The summed E-state index contributed by atoms with van der Waals surface area (Å²) in [6.45, 7) is -1.86. The maximum Gasteiger partial charge on any atom is 0.455 e. The number of rotatable bonds is 5. The summed E-state index contributed by atoms with van der Waals surface area (Å²) in [5, 5.41) is 3.22. The van der Waals surface area contributed by atoms with Gasteiger partial charge >= 0.3 is 12.1 Å². The molecule has 6 nitrogen and oxygen atoms in total. The van der Waals surface area contributed by atoms with Gasteiger partial charge in [0.05, 0.1) is 12.2 Å². The molecule has 0 radical (unpaired) electrons. The lowest BCUT2D eigenvalue weighted by Gasteiger charge is -2.26. The van der Waals surface area contributed by atoms with E-state index in [1.807, 2.05) is 0 Å². The molecule has 1 heterocycles. The van der Waals surface area contributed by atoms with Crippen molar-refractivity contribution < 1.29 is 40.7 Å². The number of halogens is 6. The Labute approximate surface area is 189 Å². The molecule has 3 amide bonds. The fourth-order valence-electron chi connectivity index (χ4n) is 3.40. The predicted molar refractivity (Wildman–Crippen MR) is 110 cm³/mol. The summed E-state index contributed by atoms with van der Waals surface area (Å²) in [6.07, 6.45) is -5.98. The number of alkyl halides is 6. The highest BCUT2D eigenvalue weighted by Gasteiger charge is 2.58. The van der Waals surface area contributed by atoms with Crippen molar-refractivity contribution in [2.24, 2.45) is 0 Å². The van der Waals surface area contributed by atoms with Crippen LogP contribution in [0.1, 0.15) is 18.5 Å². The molecule has 0 spiro atoms. The highest BCUT2D eigenvalue weighted by Crippen LogP contribution is 2.39. The number of likely N-dealkylation sites (N-methyl/N-ethyl adjacent to an activating group) is 1. The summed E-state index contributed by atoms with van der Waals surface area (Å²) in [4.78, 5) is 39.0. The normalized spacial score (nSPS) is 17.7. The molecule has 1 aliphatic heterocycles. The van der Waals surface area contributed by atoms with Crippen LogP contribution in [0.15, 0.2) is 48.5 Å². The molecule has 34 heavy (non-hydrogen) atoms. The van der Waals surface area contributed by atoms with Crippen molar-refractivity contribution in [1.29, 1.82) is 0 Å². The second kappa shape index (κ2) is 8.65. The summed E-state index contributed by atoms with van der Waals surface area (Å²) >= 11 is 0. The zero-order chi connectivity index (χ0) is 25.5. The van der Waals surface area contributed by atoms with Gasteiger partial charge in [0, 0.05) is 12.6 Å². The first-order valence-corrected chi connectivity index (χ1v) is 9.87. The number of amides is 3. The number of para-hydroxylation sites is 1. The van der Waals surface area contributed by atoms with Crippen molar-refractivity contribution in [2.75, 3.05) is 18.5 Å². The molecular weight excluding hydrogens is 468 g/mol. The van der Waals surface area contributed by atoms with E-state index in [1.165, 1.54) is 18.0 Å². The number of hydrogen-bond acceptors (Lipinski definition) is 3. The van der Waals surface area contributed by atoms with Crippen LogP contribution in [0.2, 0.25) is 0 Å². The number of carbonyl (C=O) groups is 3. The molecule has 0 saturated heterocycles. The first-order chi connectivity index (χ1) is 15.7. The average molecular weight is 487 g/mol. The highest BCUT2D eigenvalue weighted by atomic mass is 19.4. The molecule has 182 valence electrons. The summed E-state index contributed by atoms with van der Waals surface area (Å²) in [7, 11) is 1.42. The van der Waals surface area contributed by atoms with Gasteiger partial charge in [-0.2, -0.15) is 22.0 Å². The molecule has 0 bridgehead atoms. The van der Waals surface area contributed by atoms with Gasteiger partial charge in [-0.25, -0.2) is 4.39 Å². The summed E-state index contributed by atoms with van der Waals surface area (Å²) in [5.41, 5.74) is -1.62. The van der Waals surface area contributed by atoms with Gasteiger partial charge in [-0.15, -0.1) is 0 Å². The summed E-state index contributed by atoms with van der Waals surface area (Å²) < 4.78 is 78.1. The molecule has 2 N–H and O–H groups in total. The molecule has 3 rings (SSSR count). The number of carbonyl (C=O) groups excluding carboxylic acids is 3. The van der Waals surface area contributed by atoms with Gasteiger partial charge in [0.15, 0.2) is 0 Å². The standard InChI is InChI=1S/C22H19F6N3O3/c1-20(23,18(33)29-11-21(24,25)22(26,27)28)19(34)30-16-14-9-4-3-7-12(14)13-8-5-6-10-15(13)31(2)17(16)32/h3-10,16H,11H2,1-2H3,(H,29,33)(H,30,34)/t16-,20?/m0/s1. The van der Waals surface area contributed by atoms with Crippen molar-refractivity contribution in [3.05, 3.63) is 54.1 Å². The largest absolute Gasteiger partial charge is 0.455 e. The zero-order valence-corrected chi connectivity index (χ0v) is 17.8. The first kappa shape index (κ1) is 25.1. The van der Waals surface area contributed by atoms with E-state index in [1.54, 1.807) is 42.5 Å². The van der Waals surface area contributed by atoms with Crippen LogP contribution in [0.25, 0.3) is 11.1 Å². The molecule has 0 aliphatic carbocycles. The van der Waals surface area contributed by atoms with Crippen molar-refractivity contribution in [1.82, 2.24) is 10.6 Å². The minimum absolute atomic E-state index is 0.275.